The molecular formula is C51H31N5O. The summed E-state index contributed by atoms with van der Waals surface area (Å²) in [7, 11) is 0. The number of furan rings is 1. The molecule has 4 aromatic heterocycles. The molecule has 0 aliphatic heterocycles. The third-order valence-corrected chi connectivity index (χ3v) is 11.2. The zero-order valence-electron chi connectivity index (χ0n) is 30.5. The van der Waals surface area contributed by atoms with Gasteiger partial charge in [-0.3, -0.25) is 4.57 Å². The maximum atomic E-state index is 6.71. The average molecular weight is 730 g/mol. The van der Waals surface area contributed by atoms with Gasteiger partial charge in [-0.15, -0.1) is 0 Å². The molecule has 0 aliphatic rings. The SMILES string of the molecule is c1ccc(-c2ccc(-c3nc(-c4cccc5oc6cc7c(cc6c45)c4ccccc4n7-c4ccccc4)nc(-n4c5ccccc5c5ccccc54)n3)cc2)cc1. The van der Waals surface area contributed by atoms with E-state index < -0.39 is 0 Å². The van der Waals surface area contributed by atoms with Crippen molar-refractivity contribution >= 4 is 65.6 Å². The van der Waals surface area contributed by atoms with E-state index in [2.05, 4.69) is 179 Å². The molecule has 6 nitrogen and oxygen atoms in total. The van der Waals surface area contributed by atoms with Gasteiger partial charge in [0, 0.05) is 55.2 Å². The normalized spacial score (nSPS) is 11.9. The number of hydrogen-bond donors (Lipinski definition) is 0. The molecule has 0 N–H and O–H groups in total. The van der Waals surface area contributed by atoms with E-state index in [9.17, 15) is 0 Å². The summed E-state index contributed by atoms with van der Waals surface area (Å²) in [5, 5.41) is 6.60. The van der Waals surface area contributed by atoms with Crippen molar-refractivity contribution in [3.05, 3.63) is 188 Å². The zero-order valence-corrected chi connectivity index (χ0v) is 30.5. The van der Waals surface area contributed by atoms with Gasteiger partial charge in [0.15, 0.2) is 11.6 Å². The van der Waals surface area contributed by atoms with Crippen LogP contribution < -0.4 is 0 Å². The van der Waals surface area contributed by atoms with Crippen molar-refractivity contribution in [1.29, 1.82) is 0 Å². The van der Waals surface area contributed by atoms with Crippen LogP contribution in [0.25, 0.3) is 111 Å². The van der Waals surface area contributed by atoms with Gasteiger partial charge in [-0.1, -0.05) is 140 Å². The van der Waals surface area contributed by atoms with E-state index in [1.807, 2.05) is 18.2 Å². The fraction of sp³-hybridized carbons (Fsp3) is 0. The Morgan fingerprint density at radius 1 is 0.351 bits per heavy atom. The lowest BCUT2D eigenvalue weighted by Crippen LogP contribution is -2.06. The Hall–Kier alpha value is -7.83. The first kappa shape index (κ1) is 31.5. The third-order valence-electron chi connectivity index (χ3n) is 11.2. The number of fused-ring (bicyclic) bond motifs is 9. The van der Waals surface area contributed by atoms with Crippen LogP contribution in [-0.4, -0.2) is 24.1 Å². The quantitative estimate of drug-likeness (QED) is 0.177. The highest BCUT2D eigenvalue weighted by molar-refractivity contribution is 6.20. The fourth-order valence-corrected chi connectivity index (χ4v) is 8.62. The summed E-state index contributed by atoms with van der Waals surface area (Å²) in [6.07, 6.45) is 0. The van der Waals surface area contributed by atoms with Gasteiger partial charge in [0.05, 0.1) is 22.1 Å². The Balaban J connectivity index is 1.12. The summed E-state index contributed by atoms with van der Waals surface area (Å²) in [6, 6.07) is 65.5. The van der Waals surface area contributed by atoms with Crippen molar-refractivity contribution in [3.63, 3.8) is 0 Å². The minimum absolute atomic E-state index is 0.553. The Kier molecular flexibility index (Phi) is 6.83. The fourth-order valence-electron chi connectivity index (χ4n) is 8.62. The van der Waals surface area contributed by atoms with E-state index in [1.54, 1.807) is 0 Å². The van der Waals surface area contributed by atoms with Crippen LogP contribution in [0.3, 0.4) is 0 Å². The van der Waals surface area contributed by atoms with Gasteiger partial charge in [-0.05, 0) is 53.6 Å². The average Bonchev–Trinajstić information content (AvgIpc) is 3.93. The molecule has 0 aliphatic carbocycles. The van der Waals surface area contributed by atoms with E-state index in [0.717, 1.165) is 88.1 Å². The van der Waals surface area contributed by atoms with Crippen LogP contribution >= 0.6 is 0 Å². The second-order valence-corrected chi connectivity index (χ2v) is 14.4. The van der Waals surface area contributed by atoms with E-state index in [-0.39, 0.29) is 0 Å². The van der Waals surface area contributed by atoms with Crippen molar-refractivity contribution in [3.8, 4) is 45.5 Å². The van der Waals surface area contributed by atoms with E-state index >= 15 is 0 Å². The molecule has 0 bridgehead atoms. The lowest BCUT2D eigenvalue weighted by Gasteiger charge is -2.12. The summed E-state index contributed by atoms with van der Waals surface area (Å²) in [5.74, 6) is 1.72. The maximum absolute atomic E-state index is 6.71. The summed E-state index contributed by atoms with van der Waals surface area (Å²) in [6.45, 7) is 0. The summed E-state index contributed by atoms with van der Waals surface area (Å²) in [5.41, 5.74) is 11.1. The van der Waals surface area contributed by atoms with Gasteiger partial charge < -0.3 is 8.98 Å². The van der Waals surface area contributed by atoms with Crippen LogP contribution in [0.15, 0.2) is 192 Å². The van der Waals surface area contributed by atoms with Gasteiger partial charge in [-0.2, -0.15) is 9.97 Å². The summed E-state index contributed by atoms with van der Waals surface area (Å²) >= 11 is 0. The van der Waals surface area contributed by atoms with Gasteiger partial charge in [0.2, 0.25) is 5.95 Å². The lowest BCUT2D eigenvalue weighted by atomic mass is 10.0. The van der Waals surface area contributed by atoms with Crippen LogP contribution in [-0.2, 0) is 0 Å². The summed E-state index contributed by atoms with van der Waals surface area (Å²) in [4.78, 5) is 15.8. The highest BCUT2D eigenvalue weighted by Gasteiger charge is 2.22. The van der Waals surface area contributed by atoms with Crippen molar-refractivity contribution < 1.29 is 4.42 Å². The highest BCUT2D eigenvalue weighted by Crippen LogP contribution is 2.42. The molecule has 0 saturated heterocycles. The first-order valence-corrected chi connectivity index (χ1v) is 19.1. The van der Waals surface area contributed by atoms with Crippen LogP contribution in [0.5, 0.6) is 0 Å². The van der Waals surface area contributed by atoms with E-state index in [1.165, 1.54) is 5.39 Å². The Bertz CT molecular complexity index is 3450. The molecule has 12 aromatic rings. The van der Waals surface area contributed by atoms with Crippen molar-refractivity contribution in [2.45, 2.75) is 0 Å². The number of hydrogen-bond acceptors (Lipinski definition) is 4. The largest absolute Gasteiger partial charge is 0.456 e. The first-order valence-electron chi connectivity index (χ1n) is 19.1. The molecule has 0 saturated carbocycles. The minimum Gasteiger partial charge on any atom is -0.456 e. The molecule has 0 spiro atoms. The smallest absolute Gasteiger partial charge is 0.238 e. The standard InChI is InChI=1S/C51H31N5O/c1-3-14-32(15-4-1)33-26-28-34(29-27-33)49-52-50(54-51(53-49)56-43-23-11-7-18-36(43)37-19-8-12-24-44(37)56)39-21-13-25-46-48(39)41-30-40-38-20-9-10-22-42(38)55(35-16-5-2-6-17-35)45(40)31-47(41)57-46/h1-31H. The molecular weight excluding hydrogens is 699 g/mol. The Labute approximate surface area is 326 Å². The number of aromatic nitrogens is 5. The lowest BCUT2D eigenvalue weighted by molar-refractivity contribution is 0.669. The highest BCUT2D eigenvalue weighted by atomic mass is 16.3. The van der Waals surface area contributed by atoms with Gasteiger partial charge in [-0.25, -0.2) is 4.98 Å². The molecule has 0 fully saturated rings. The zero-order chi connectivity index (χ0) is 37.5. The second-order valence-electron chi connectivity index (χ2n) is 14.4. The second kappa shape index (κ2) is 12.3. The van der Waals surface area contributed by atoms with Gasteiger partial charge >= 0.3 is 0 Å². The molecule has 4 heterocycles. The molecule has 266 valence electrons. The predicted octanol–water partition coefficient (Wildman–Crippen LogP) is 13.0. The van der Waals surface area contributed by atoms with Crippen molar-refractivity contribution in [2.24, 2.45) is 0 Å². The molecule has 0 atom stereocenters. The molecule has 0 amide bonds. The number of benzene rings is 8. The Morgan fingerprint density at radius 2 is 0.912 bits per heavy atom. The molecule has 0 unspecified atom stereocenters. The van der Waals surface area contributed by atoms with Crippen LogP contribution in [0.4, 0.5) is 0 Å². The number of nitrogens with zero attached hydrogens (tertiary/aromatic N) is 5. The minimum atomic E-state index is 0.553. The van der Waals surface area contributed by atoms with E-state index in [4.69, 9.17) is 19.4 Å². The van der Waals surface area contributed by atoms with Crippen LogP contribution in [0.2, 0.25) is 0 Å². The van der Waals surface area contributed by atoms with Gasteiger partial charge in [0.25, 0.3) is 0 Å². The van der Waals surface area contributed by atoms with Crippen LogP contribution in [0, 0.1) is 0 Å². The monoisotopic (exact) mass is 729 g/mol. The van der Waals surface area contributed by atoms with Crippen molar-refractivity contribution in [1.82, 2.24) is 24.1 Å². The van der Waals surface area contributed by atoms with Crippen LogP contribution in [0.1, 0.15) is 0 Å². The predicted molar refractivity (Wildman–Crippen MR) is 232 cm³/mol. The van der Waals surface area contributed by atoms with Gasteiger partial charge in [0.1, 0.15) is 11.2 Å². The first-order chi connectivity index (χ1) is 28.3. The van der Waals surface area contributed by atoms with E-state index in [0.29, 0.717) is 17.6 Å². The topological polar surface area (TPSA) is 61.7 Å². The molecule has 0 radical (unpaired) electrons. The molecule has 6 heteroatoms. The third kappa shape index (κ3) is 4.87. The molecule has 12 rings (SSSR count). The summed E-state index contributed by atoms with van der Waals surface area (Å²) < 4.78 is 11.2. The number of para-hydroxylation sites is 4. The molecule has 8 aromatic carbocycles. The molecule has 57 heavy (non-hydrogen) atoms. The number of rotatable bonds is 5. The van der Waals surface area contributed by atoms with Crippen molar-refractivity contribution in [2.75, 3.05) is 0 Å². The maximum Gasteiger partial charge on any atom is 0.238 e. The Morgan fingerprint density at radius 3 is 1.61 bits per heavy atom.